The molecule has 2 aliphatic rings. The molecule has 1 heterocycles. The van der Waals surface area contributed by atoms with E-state index in [4.69, 9.17) is 10.7 Å². The van der Waals surface area contributed by atoms with Gasteiger partial charge in [-0.05, 0) is 69.7 Å². The largest absolute Gasteiger partial charge is 0.465 e. The number of thioether (sulfide) groups is 1. The summed E-state index contributed by atoms with van der Waals surface area (Å²) in [5.41, 5.74) is 8.22. The molecule has 0 saturated heterocycles. The van der Waals surface area contributed by atoms with Crippen LogP contribution in [-0.4, -0.2) is 32.6 Å². The molecule has 0 radical (unpaired) electrons. The second-order valence-corrected chi connectivity index (χ2v) is 8.78. The Balaban J connectivity index is 2.12. The fraction of sp³-hybridized carbons (Fsp3) is 0.556. The number of benzene rings is 1. The molecule has 0 aromatic heterocycles. The Kier molecular flexibility index (Phi) is 4.06. The minimum absolute atomic E-state index is 0.399. The van der Waals surface area contributed by atoms with Crippen LogP contribution >= 0.6 is 11.8 Å². The molecule has 24 heavy (non-hydrogen) atoms. The number of hydrogen-bond donors (Lipinski definition) is 2. The molecule has 0 bridgehead atoms. The molecule has 0 unspecified atom stereocenters. The van der Waals surface area contributed by atoms with E-state index in [0.29, 0.717) is 11.1 Å². The molecule has 130 valence electrons. The minimum Gasteiger partial charge on any atom is -0.465 e. The second-order valence-electron chi connectivity index (χ2n) is 7.79. The van der Waals surface area contributed by atoms with Crippen molar-refractivity contribution in [1.82, 2.24) is 4.90 Å². The van der Waals surface area contributed by atoms with E-state index in [-0.39, 0.29) is 0 Å². The zero-order valence-electron chi connectivity index (χ0n) is 14.7. The quantitative estimate of drug-likeness (QED) is 0.697. The normalized spacial score (nSPS) is 26.2. The molecule has 6 heteroatoms. The highest BCUT2D eigenvalue weighted by Gasteiger charge is 2.45. The van der Waals surface area contributed by atoms with Crippen LogP contribution in [0.15, 0.2) is 23.2 Å². The van der Waals surface area contributed by atoms with Crippen molar-refractivity contribution in [3.8, 4) is 0 Å². The third-order valence-electron chi connectivity index (χ3n) is 5.03. The number of nitrogen functional groups attached to an aromatic ring is 1. The second kappa shape index (κ2) is 5.69. The minimum atomic E-state index is -0.959. The van der Waals surface area contributed by atoms with E-state index in [1.165, 1.54) is 10.5 Å². The van der Waals surface area contributed by atoms with E-state index in [1.54, 1.807) is 11.8 Å². The van der Waals surface area contributed by atoms with Gasteiger partial charge in [-0.3, -0.25) is 9.89 Å². The smallest absolute Gasteiger partial charge is 0.413 e. The first-order chi connectivity index (χ1) is 11.1. The molecule has 1 amide bonds. The van der Waals surface area contributed by atoms with Gasteiger partial charge in [0.25, 0.3) is 0 Å². The number of carbonyl (C=O) groups is 1. The predicted octanol–water partition coefficient (Wildman–Crippen LogP) is 3.93. The van der Waals surface area contributed by atoms with Crippen LogP contribution in [0.5, 0.6) is 0 Å². The summed E-state index contributed by atoms with van der Waals surface area (Å²) in [7, 11) is 0. The number of aryl methyl sites for hydroxylation is 1. The zero-order chi connectivity index (χ0) is 17.7. The van der Waals surface area contributed by atoms with Crippen molar-refractivity contribution in [2.45, 2.75) is 51.6 Å². The molecule has 1 aromatic carbocycles. The monoisotopic (exact) mass is 347 g/mol. The van der Waals surface area contributed by atoms with Crippen LogP contribution in [0.3, 0.4) is 0 Å². The molecule has 3 rings (SSSR count). The van der Waals surface area contributed by atoms with Crippen molar-refractivity contribution in [3.63, 3.8) is 0 Å². The van der Waals surface area contributed by atoms with Crippen LogP contribution in [0.1, 0.15) is 45.2 Å². The number of fused-ring (bicyclic) bond motifs is 3. The van der Waals surface area contributed by atoms with Crippen LogP contribution in [0, 0.1) is 5.92 Å². The summed E-state index contributed by atoms with van der Waals surface area (Å²) in [4.78, 5) is 18.2. The van der Waals surface area contributed by atoms with Gasteiger partial charge >= 0.3 is 6.09 Å². The molecule has 1 aliphatic heterocycles. The molecule has 1 aromatic rings. The Morgan fingerprint density at radius 2 is 2.17 bits per heavy atom. The van der Waals surface area contributed by atoms with Gasteiger partial charge < -0.3 is 10.8 Å². The highest BCUT2D eigenvalue weighted by Crippen LogP contribution is 2.48. The summed E-state index contributed by atoms with van der Waals surface area (Å²) in [5, 5.41) is 10.3. The summed E-state index contributed by atoms with van der Waals surface area (Å²) in [6, 6.07) is 6.03. The summed E-state index contributed by atoms with van der Waals surface area (Å²) in [6.45, 7) is 7.81. The molecule has 3 N–H and O–H groups in total. The molecule has 2 atom stereocenters. The molecule has 0 spiro atoms. The molecule has 0 fully saturated rings. The summed E-state index contributed by atoms with van der Waals surface area (Å²) < 4.78 is 0. The number of carboxylic acid groups (broad SMARTS) is 1. The lowest BCUT2D eigenvalue weighted by Gasteiger charge is -2.45. The van der Waals surface area contributed by atoms with Crippen molar-refractivity contribution < 1.29 is 9.90 Å². The molecular weight excluding hydrogens is 322 g/mol. The molecular formula is C18H25N3O2S. The maximum atomic E-state index is 11.8. The summed E-state index contributed by atoms with van der Waals surface area (Å²) in [6.07, 6.45) is 1.14. The number of aliphatic imine (C=N–C) groups is 1. The fourth-order valence-electron chi connectivity index (χ4n) is 3.69. The Morgan fingerprint density at radius 1 is 1.46 bits per heavy atom. The fourth-order valence-corrected chi connectivity index (χ4v) is 5.26. The van der Waals surface area contributed by atoms with Crippen LogP contribution < -0.4 is 5.73 Å². The van der Waals surface area contributed by atoms with Gasteiger partial charge in [0.05, 0.1) is 5.54 Å². The van der Waals surface area contributed by atoms with E-state index < -0.39 is 17.2 Å². The van der Waals surface area contributed by atoms with Crippen LogP contribution in [0.2, 0.25) is 0 Å². The van der Waals surface area contributed by atoms with Crippen molar-refractivity contribution in [2.75, 3.05) is 11.5 Å². The van der Waals surface area contributed by atoms with Crippen LogP contribution in [0.25, 0.3) is 0 Å². The number of nitrogens with zero attached hydrogens (tertiary/aromatic N) is 2. The maximum absolute atomic E-state index is 11.8. The van der Waals surface area contributed by atoms with E-state index in [0.717, 1.165) is 29.8 Å². The summed E-state index contributed by atoms with van der Waals surface area (Å²) in [5.74, 6) is 1.28. The van der Waals surface area contributed by atoms with Gasteiger partial charge in [-0.15, -0.1) is 0 Å². The molecule has 5 nitrogen and oxygen atoms in total. The highest BCUT2D eigenvalue weighted by atomic mass is 32.2. The Morgan fingerprint density at radius 3 is 2.79 bits per heavy atom. The van der Waals surface area contributed by atoms with E-state index >= 15 is 0 Å². The number of rotatable bonds is 0. The molecule has 0 saturated carbocycles. The number of hydrogen-bond acceptors (Lipinski definition) is 4. The average Bonchev–Trinajstić information content (AvgIpc) is 2.45. The Bertz CT molecular complexity index is 711. The van der Waals surface area contributed by atoms with Gasteiger partial charge in [0.15, 0.2) is 5.17 Å². The first kappa shape index (κ1) is 17.1. The maximum Gasteiger partial charge on any atom is 0.413 e. The van der Waals surface area contributed by atoms with E-state index in [9.17, 15) is 9.90 Å². The molecule has 1 aliphatic carbocycles. The van der Waals surface area contributed by atoms with Crippen LogP contribution in [-0.2, 0) is 12.0 Å². The van der Waals surface area contributed by atoms with Crippen molar-refractivity contribution in [2.24, 2.45) is 10.9 Å². The lowest BCUT2D eigenvalue weighted by Crippen LogP contribution is -2.51. The number of amides is 1. The van der Waals surface area contributed by atoms with Gasteiger partial charge in [-0.1, -0.05) is 17.8 Å². The third kappa shape index (κ3) is 2.77. The first-order valence-corrected chi connectivity index (χ1v) is 9.26. The van der Waals surface area contributed by atoms with Gasteiger partial charge in [-0.25, -0.2) is 4.79 Å². The van der Waals surface area contributed by atoms with E-state index in [1.807, 2.05) is 32.9 Å². The van der Waals surface area contributed by atoms with Gasteiger partial charge in [0.1, 0.15) is 0 Å². The lowest BCUT2D eigenvalue weighted by atomic mass is 9.71. The van der Waals surface area contributed by atoms with Gasteiger partial charge in [-0.2, -0.15) is 0 Å². The zero-order valence-corrected chi connectivity index (χ0v) is 15.5. The number of anilines is 1. The predicted molar refractivity (Wildman–Crippen MR) is 99.5 cm³/mol. The number of amidine groups is 1. The van der Waals surface area contributed by atoms with Gasteiger partial charge in [0, 0.05) is 17.0 Å². The van der Waals surface area contributed by atoms with Gasteiger partial charge in [0.2, 0.25) is 0 Å². The van der Waals surface area contributed by atoms with Crippen LogP contribution in [0.4, 0.5) is 10.5 Å². The summed E-state index contributed by atoms with van der Waals surface area (Å²) >= 11 is 1.55. The average molecular weight is 347 g/mol. The van der Waals surface area contributed by atoms with Crippen molar-refractivity contribution in [1.29, 1.82) is 0 Å². The standard InChI is InChI=1S/C18H25N3O2S/c1-17(2,3)21(16(22)23)15-20-18(4)12(10-24-15)7-5-11-6-8-13(19)9-14(11)18/h6,8-9,12H,5,7,10,19H2,1-4H3,(H,22,23)/t12-,18+/m1/s1. The van der Waals surface area contributed by atoms with E-state index in [2.05, 4.69) is 13.0 Å². The lowest BCUT2D eigenvalue weighted by molar-refractivity contribution is 0.141. The topological polar surface area (TPSA) is 78.9 Å². The number of nitrogens with two attached hydrogens (primary N) is 1. The Labute approximate surface area is 147 Å². The van der Waals surface area contributed by atoms with Crippen molar-refractivity contribution in [3.05, 3.63) is 29.3 Å². The first-order valence-electron chi connectivity index (χ1n) is 8.27. The Hall–Kier alpha value is -1.69. The third-order valence-corrected chi connectivity index (χ3v) is 6.13. The SMILES string of the molecule is CC(C)(C)N(C(=O)O)C1=N[C@]2(C)c3cc(N)ccc3CC[C@@H]2CS1. The highest BCUT2D eigenvalue weighted by molar-refractivity contribution is 8.13. The van der Waals surface area contributed by atoms with Crippen molar-refractivity contribution >= 4 is 28.7 Å².